The zero-order valence-electron chi connectivity index (χ0n) is 16.0. The topological polar surface area (TPSA) is 0 Å². The Morgan fingerprint density at radius 2 is 1.00 bits per heavy atom. The van der Waals surface area contributed by atoms with E-state index in [1.807, 2.05) is 0 Å². The van der Waals surface area contributed by atoms with Gasteiger partial charge in [-0.3, -0.25) is 0 Å². The zero-order valence-corrected chi connectivity index (χ0v) is 17.8. The fourth-order valence-corrected chi connectivity index (χ4v) is 7.51. The average molecular weight is 379 g/mol. The van der Waals surface area contributed by atoms with Crippen molar-refractivity contribution in [2.45, 2.75) is 39.5 Å². The first-order valence-corrected chi connectivity index (χ1v) is 12.4. The summed E-state index contributed by atoms with van der Waals surface area (Å²) >= 11 is 7.61. The molecular formula is C24H27ClSi. The van der Waals surface area contributed by atoms with E-state index >= 15 is 0 Å². The Labute approximate surface area is 163 Å². The maximum atomic E-state index is 7.61. The van der Waals surface area contributed by atoms with Crippen molar-refractivity contribution in [3.05, 3.63) is 90.0 Å². The lowest BCUT2D eigenvalue weighted by Gasteiger charge is -2.28. The highest BCUT2D eigenvalue weighted by molar-refractivity contribution is 7.40. The first kappa shape index (κ1) is 18.9. The van der Waals surface area contributed by atoms with Gasteiger partial charge >= 0.3 is 0 Å². The molecule has 0 aliphatic rings. The Morgan fingerprint density at radius 3 is 1.42 bits per heavy atom. The first-order chi connectivity index (χ1) is 12.4. The van der Waals surface area contributed by atoms with Gasteiger partial charge in [-0.05, 0) is 38.5 Å². The maximum Gasteiger partial charge on any atom is 0.247 e. The van der Waals surface area contributed by atoms with Crippen LogP contribution in [0.1, 0.15) is 50.7 Å². The smallest absolute Gasteiger partial charge is 0.149 e. The van der Waals surface area contributed by atoms with Crippen LogP contribution in [0.3, 0.4) is 0 Å². The summed E-state index contributed by atoms with van der Waals surface area (Å²) < 4.78 is 0. The Kier molecular flexibility index (Phi) is 5.69. The highest BCUT2D eigenvalue weighted by Gasteiger charge is 2.38. The molecule has 0 amide bonds. The third kappa shape index (κ3) is 3.65. The summed E-state index contributed by atoms with van der Waals surface area (Å²) in [5, 5.41) is 3.76. The molecule has 0 unspecified atom stereocenters. The van der Waals surface area contributed by atoms with Crippen molar-refractivity contribution in [2.75, 3.05) is 0 Å². The van der Waals surface area contributed by atoms with Crippen LogP contribution >= 0.6 is 11.1 Å². The summed E-state index contributed by atoms with van der Waals surface area (Å²) in [6.07, 6.45) is 0. The van der Waals surface area contributed by atoms with Gasteiger partial charge in [-0.1, -0.05) is 107 Å². The lowest BCUT2D eigenvalue weighted by Crippen LogP contribution is -2.63. The van der Waals surface area contributed by atoms with Crippen LogP contribution in [0.15, 0.2) is 78.9 Å². The molecule has 0 radical (unpaired) electrons. The molecule has 0 saturated heterocycles. The van der Waals surface area contributed by atoms with Gasteiger partial charge in [-0.15, -0.1) is 11.1 Å². The van der Waals surface area contributed by atoms with Crippen molar-refractivity contribution in [1.82, 2.24) is 0 Å². The van der Waals surface area contributed by atoms with Crippen LogP contribution in [0.25, 0.3) is 0 Å². The molecule has 0 bridgehead atoms. The van der Waals surface area contributed by atoms with E-state index in [1.165, 1.54) is 26.7 Å². The van der Waals surface area contributed by atoms with Gasteiger partial charge in [0, 0.05) is 0 Å². The molecule has 0 nitrogen and oxygen atoms in total. The standard InChI is InChI=1S/C24H27ClSi/c1-18(2)20-10-8-14-23(16-20)26(25,22-12-6-5-7-13-22)24-15-9-11-21(17-24)19(3)4/h5-19H,1-4H3. The van der Waals surface area contributed by atoms with Crippen LogP contribution in [0.2, 0.25) is 0 Å². The molecule has 0 atom stereocenters. The van der Waals surface area contributed by atoms with Crippen LogP contribution in [-0.2, 0) is 0 Å². The van der Waals surface area contributed by atoms with Gasteiger partial charge in [0.05, 0.1) is 0 Å². The molecule has 2 heteroatoms. The van der Waals surface area contributed by atoms with E-state index in [2.05, 4.69) is 107 Å². The van der Waals surface area contributed by atoms with Crippen molar-refractivity contribution in [1.29, 1.82) is 0 Å². The summed E-state index contributed by atoms with van der Waals surface area (Å²) in [6, 6.07) is 28.4. The third-order valence-corrected chi connectivity index (χ3v) is 10.4. The van der Waals surface area contributed by atoms with Gasteiger partial charge in [0.15, 0.2) is 0 Å². The van der Waals surface area contributed by atoms with Crippen LogP contribution in [0, 0.1) is 0 Å². The average Bonchev–Trinajstić information content (AvgIpc) is 2.68. The van der Waals surface area contributed by atoms with E-state index in [9.17, 15) is 0 Å². The third-order valence-electron chi connectivity index (χ3n) is 5.07. The van der Waals surface area contributed by atoms with Crippen LogP contribution in [0.5, 0.6) is 0 Å². The predicted molar refractivity (Wildman–Crippen MR) is 118 cm³/mol. The molecule has 0 aromatic heterocycles. The SMILES string of the molecule is CC(C)c1cccc([Si](Cl)(c2ccccc2)c2cccc(C(C)C)c2)c1. The Morgan fingerprint density at radius 1 is 0.577 bits per heavy atom. The molecule has 0 N–H and O–H groups in total. The summed E-state index contributed by atoms with van der Waals surface area (Å²) in [4.78, 5) is 0. The van der Waals surface area contributed by atoms with Gasteiger partial charge in [0.25, 0.3) is 0 Å². The lowest BCUT2D eigenvalue weighted by atomic mass is 10.0. The van der Waals surface area contributed by atoms with E-state index in [0.29, 0.717) is 11.8 Å². The van der Waals surface area contributed by atoms with Crippen LogP contribution in [-0.4, -0.2) is 7.38 Å². The highest BCUT2D eigenvalue weighted by Crippen LogP contribution is 2.19. The Balaban J connectivity index is 2.25. The minimum atomic E-state index is -2.56. The van der Waals surface area contributed by atoms with E-state index in [-0.39, 0.29) is 0 Å². The van der Waals surface area contributed by atoms with Crippen molar-refractivity contribution >= 4 is 34.0 Å². The number of rotatable bonds is 5. The number of hydrogen-bond donors (Lipinski definition) is 0. The van der Waals surface area contributed by atoms with E-state index < -0.39 is 7.38 Å². The maximum absolute atomic E-state index is 7.61. The molecule has 0 saturated carbocycles. The van der Waals surface area contributed by atoms with Gasteiger partial charge in [0.1, 0.15) is 0 Å². The predicted octanol–water partition coefficient (Wildman–Crippen LogP) is 5.14. The highest BCUT2D eigenvalue weighted by atomic mass is 35.6. The second-order valence-electron chi connectivity index (χ2n) is 7.58. The molecule has 26 heavy (non-hydrogen) atoms. The summed E-state index contributed by atoms with van der Waals surface area (Å²) in [7, 11) is -2.56. The van der Waals surface area contributed by atoms with Gasteiger partial charge in [-0.2, -0.15) is 0 Å². The first-order valence-electron chi connectivity index (χ1n) is 9.38. The molecule has 134 valence electrons. The van der Waals surface area contributed by atoms with Gasteiger partial charge in [0.2, 0.25) is 7.38 Å². The largest absolute Gasteiger partial charge is 0.247 e. The molecular weight excluding hydrogens is 352 g/mol. The molecule has 0 heterocycles. The Hall–Kier alpha value is -1.83. The fourth-order valence-electron chi connectivity index (χ4n) is 3.39. The van der Waals surface area contributed by atoms with E-state index in [1.54, 1.807) is 0 Å². The molecule has 0 spiro atoms. The second kappa shape index (κ2) is 7.81. The van der Waals surface area contributed by atoms with E-state index in [0.717, 1.165) is 0 Å². The molecule has 3 aromatic carbocycles. The van der Waals surface area contributed by atoms with Crippen LogP contribution < -0.4 is 15.6 Å². The Bertz CT molecular complexity index is 817. The monoisotopic (exact) mass is 378 g/mol. The van der Waals surface area contributed by atoms with Gasteiger partial charge < -0.3 is 0 Å². The molecule has 3 aromatic rings. The summed E-state index contributed by atoms with van der Waals surface area (Å²) in [6.45, 7) is 8.94. The normalized spacial score (nSPS) is 12.0. The molecule has 0 fully saturated rings. The summed E-state index contributed by atoms with van der Waals surface area (Å²) in [5.41, 5.74) is 2.69. The minimum absolute atomic E-state index is 0.489. The fraction of sp³-hybridized carbons (Fsp3) is 0.250. The minimum Gasteiger partial charge on any atom is -0.149 e. The number of hydrogen-bond acceptors (Lipinski definition) is 0. The van der Waals surface area contributed by atoms with Crippen molar-refractivity contribution in [3.63, 3.8) is 0 Å². The molecule has 3 rings (SSSR count). The van der Waals surface area contributed by atoms with Crippen molar-refractivity contribution < 1.29 is 0 Å². The summed E-state index contributed by atoms with van der Waals surface area (Å²) in [5.74, 6) is 0.977. The number of benzene rings is 3. The molecule has 0 aliphatic carbocycles. The zero-order chi connectivity index (χ0) is 18.7. The van der Waals surface area contributed by atoms with Crippen molar-refractivity contribution in [2.24, 2.45) is 0 Å². The van der Waals surface area contributed by atoms with Crippen molar-refractivity contribution in [3.8, 4) is 0 Å². The van der Waals surface area contributed by atoms with Crippen LogP contribution in [0.4, 0.5) is 0 Å². The van der Waals surface area contributed by atoms with Gasteiger partial charge in [-0.25, -0.2) is 0 Å². The lowest BCUT2D eigenvalue weighted by molar-refractivity contribution is 0.867. The molecule has 0 aliphatic heterocycles. The quantitative estimate of drug-likeness (QED) is 0.327. The number of halogens is 1. The second-order valence-corrected chi connectivity index (χ2v) is 12.3. The van der Waals surface area contributed by atoms with E-state index in [4.69, 9.17) is 11.1 Å².